The average Bonchev–Trinajstić information content (AvgIpc) is 2.95. The third-order valence-electron chi connectivity index (χ3n) is 2.99. The van der Waals surface area contributed by atoms with Crippen molar-refractivity contribution < 1.29 is 4.42 Å². The Balaban J connectivity index is 2.16. The molecule has 0 saturated carbocycles. The third kappa shape index (κ3) is 1.74. The molecule has 3 rings (SSSR count). The van der Waals surface area contributed by atoms with Gasteiger partial charge in [-0.25, -0.2) is 9.97 Å². The molecule has 0 unspecified atom stereocenters. The Bertz CT molecular complexity index is 565. The van der Waals surface area contributed by atoms with E-state index < -0.39 is 0 Å². The molecule has 2 aromatic rings. The average molecular weight is 294 g/mol. The molecule has 0 aliphatic heterocycles. The quantitative estimate of drug-likeness (QED) is 0.925. The molecule has 88 valence electrons. The first-order chi connectivity index (χ1) is 8.29. The van der Waals surface area contributed by atoms with Gasteiger partial charge in [-0.2, -0.15) is 0 Å². The second kappa shape index (κ2) is 4.14. The second-order valence-corrected chi connectivity index (χ2v) is 4.88. The van der Waals surface area contributed by atoms with Gasteiger partial charge < -0.3 is 9.73 Å². The molecule has 1 aliphatic rings. The minimum absolute atomic E-state index is 0.645. The smallest absolute Gasteiger partial charge is 0.199 e. The van der Waals surface area contributed by atoms with Crippen molar-refractivity contribution in [1.82, 2.24) is 9.97 Å². The van der Waals surface area contributed by atoms with Gasteiger partial charge in [0, 0.05) is 18.3 Å². The zero-order chi connectivity index (χ0) is 11.8. The van der Waals surface area contributed by atoms with Crippen LogP contribution in [-0.4, -0.2) is 17.0 Å². The van der Waals surface area contributed by atoms with Crippen molar-refractivity contribution in [2.45, 2.75) is 19.3 Å². The van der Waals surface area contributed by atoms with Crippen molar-refractivity contribution in [3.63, 3.8) is 0 Å². The van der Waals surface area contributed by atoms with Gasteiger partial charge in [-0.15, -0.1) is 0 Å². The van der Waals surface area contributed by atoms with E-state index in [-0.39, 0.29) is 0 Å². The largest absolute Gasteiger partial charge is 0.460 e. The molecule has 0 bridgehead atoms. The normalized spacial score (nSPS) is 13.8. The summed E-state index contributed by atoms with van der Waals surface area (Å²) in [5.41, 5.74) is 2.39. The Labute approximate surface area is 108 Å². The number of aromatic nitrogens is 2. The van der Waals surface area contributed by atoms with E-state index >= 15 is 0 Å². The van der Waals surface area contributed by atoms with Gasteiger partial charge in [0.15, 0.2) is 11.6 Å². The van der Waals surface area contributed by atoms with Gasteiger partial charge in [-0.1, -0.05) is 0 Å². The van der Waals surface area contributed by atoms with Crippen LogP contribution in [0.1, 0.15) is 17.7 Å². The van der Waals surface area contributed by atoms with Crippen molar-refractivity contribution in [1.29, 1.82) is 0 Å². The van der Waals surface area contributed by atoms with Crippen LogP contribution in [0.5, 0.6) is 0 Å². The van der Waals surface area contributed by atoms with Gasteiger partial charge in [0.2, 0.25) is 0 Å². The van der Waals surface area contributed by atoms with E-state index in [9.17, 15) is 0 Å². The number of fused-ring (bicyclic) bond motifs is 1. The summed E-state index contributed by atoms with van der Waals surface area (Å²) < 4.78 is 6.30. The number of aryl methyl sites for hydroxylation is 1. The first kappa shape index (κ1) is 10.8. The lowest BCUT2D eigenvalue weighted by Crippen LogP contribution is -2.03. The van der Waals surface area contributed by atoms with Gasteiger partial charge in [-0.05, 0) is 41.3 Å². The molecule has 0 saturated heterocycles. The van der Waals surface area contributed by atoms with Crippen LogP contribution in [0.25, 0.3) is 11.6 Å². The summed E-state index contributed by atoms with van der Waals surface area (Å²) in [7, 11) is 1.89. The summed E-state index contributed by atoms with van der Waals surface area (Å²) in [5.74, 6) is 2.26. The molecule has 2 aromatic heterocycles. The lowest BCUT2D eigenvalue weighted by molar-refractivity contribution is 0.575. The molecule has 2 heterocycles. The zero-order valence-electron chi connectivity index (χ0n) is 9.46. The summed E-state index contributed by atoms with van der Waals surface area (Å²) in [6, 6.07) is 1.85. The number of nitrogens with one attached hydrogen (secondary N) is 1. The van der Waals surface area contributed by atoms with E-state index in [1.165, 1.54) is 5.56 Å². The van der Waals surface area contributed by atoms with Gasteiger partial charge in [0.25, 0.3) is 0 Å². The predicted octanol–water partition coefficient (Wildman–Crippen LogP) is 3.03. The number of halogens is 1. The predicted molar refractivity (Wildman–Crippen MR) is 69.0 cm³/mol. The molecule has 1 aliphatic carbocycles. The number of hydrogen-bond acceptors (Lipinski definition) is 4. The van der Waals surface area contributed by atoms with Crippen LogP contribution < -0.4 is 5.32 Å². The zero-order valence-corrected chi connectivity index (χ0v) is 11.0. The SMILES string of the molecule is CNc1nc(-c2occc2Br)nc2c1CCC2. The Morgan fingerprint density at radius 2 is 2.24 bits per heavy atom. The topological polar surface area (TPSA) is 51.0 Å². The maximum atomic E-state index is 5.41. The van der Waals surface area contributed by atoms with Crippen LogP contribution in [0.4, 0.5) is 5.82 Å². The Morgan fingerprint density at radius 1 is 1.35 bits per heavy atom. The second-order valence-electron chi connectivity index (χ2n) is 4.02. The third-order valence-corrected chi connectivity index (χ3v) is 3.61. The fourth-order valence-electron chi connectivity index (χ4n) is 2.19. The van der Waals surface area contributed by atoms with E-state index in [0.29, 0.717) is 11.6 Å². The minimum atomic E-state index is 0.645. The highest BCUT2D eigenvalue weighted by molar-refractivity contribution is 9.10. The van der Waals surface area contributed by atoms with Crippen molar-refractivity contribution in [3.05, 3.63) is 28.1 Å². The van der Waals surface area contributed by atoms with Gasteiger partial charge >= 0.3 is 0 Å². The fourth-order valence-corrected chi connectivity index (χ4v) is 2.57. The maximum absolute atomic E-state index is 5.41. The standard InChI is InChI=1S/C12H12BrN3O/c1-14-11-7-3-2-4-9(7)15-12(16-11)10-8(13)5-6-17-10/h5-6H,2-4H2,1H3,(H,14,15,16). The number of nitrogens with zero attached hydrogens (tertiary/aromatic N) is 2. The van der Waals surface area contributed by atoms with Gasteiger partial charge in [0.1, 0.15) is 5.82 Å². The highest BCUT2D eigenvalue weighted by atomic mass is 79.9. The highest BCUT2D eigenvalue weighted by Gasteiger charge is 2.21. The van der Waals surface area contributed by atoms with Gasteiger partial charge in [0.05, 0.1) is 10.7 Å². The summed E-state index contributed by atoms with van der Waals surface area (Å²) >= 11 is 3.44. The Kier molecular flexibility index (Phi) is 2.63. The van der Waals surface area contributed by atoms with E-state index in [2.05, 4.69) is 31.2 Å². The summed E-state index contributed by atoms with van der Waals surface area (Å²) in [6.45, 7) is 0. The molecule has 0 spiro atoms. The maximum Gasteiger partial charge on any atom is 0.199 e. The molecule has 0 fully saturated rings. The fraction of sp³-hybridized carbons (Fsp3) is 0.333. The number of rotatable bonds is 2. The monoisotopic (exact) mass is 293 g/mol. The number of anilines is 1. The summed E-state index contributed by atoms with van der Waals surface area (Å²) in [5, 5.41) is 3.14. The minimum Gasteiger partial charge on any atom is -0.460 e. The lowest BCUT2D eigenvalue weighted by Gasteiger charge is -2.08. The van der Waals surface area contributed by atoms with Crippen molar-refractivity contribution in [3.8, 4) is 11.6 Å². The summed E-state index contributed by atoms with van der Waals surface area (Å²) in [6.07, 6.45) is 4.87. The van der Waals surface area contributed by atoms with Crippen LogP contribution in [0.15, 0.2) is 21.2 Å². The number of furan rings is 1. The van der Waals surface area contributed by atoms with Crippen LogP contribution in [0, 0.1) is 0 Å². The molecule has 1 N–H and O–H groups in total. The molecule has 0 radical (unpaired) electrons. The van der Waals surface area contributed by atoms with E-state index in [1.54, 1.807) is 6.26 Å². The van der Waals surface area contributed by atoms with E-state index in [1.807, 2.05) is 13.1 Å². The molecule has 0 aromatic carbocycles. The van der Waals surface area contributed by atoms with E-state index in [4.69, 9.17) is 4.42 Å². The molecular weight excluding hydrogens is 282 g/mol. The molecule has 0 atom stereocenters. The van der Waals surface area contributed by atoms with Crippen molar-refractivity contribution in [2.24, 2.45) is 0 Å². The van der Waals surface area contributed by atoms with Crippen LogP contribution in [-0.2, 0) is 12.8 Å². The summed E-state index contributed by atoms with van der Waals surface area (Å²) in [4.78, 5) is 9.11. The van der Waals surface area contributed by atoms with Crippen LogP contribution in [0.3, 0.4) is 0 Å². The van der Waals surface area contributed by atoms with Crippen LogP contribution >= 0.6 is 15.9 Å². The Morgan fingerprint density at radius 3 is 2.94 bits per heavy atom. The van der Waals surface area contributed by atoms with E-state index in [0.717, 1.165) is 35.2 Å². The van der Waals surface area contributed by atoms with Gasteiger partial charge in [-0.3, -0.25) is 0 Å². The number of hydrogen-bond donors (Lipinski definition) is 1. The van der Waals surface area contributed by atoms with Crippen molar-refractivity contribution in [2.75, 3.05) is 12.4 Å². The highest BCUT2D eigenvalue weighted by Crippen LogP contribution is 2.32. The molecule has 4 nitrogen and oxygen atoms in total. The first-order valence-electron chi connectivity index (χ1n) is 5.60. The molecule has 17 heavy (non-hydrogen) atoms. The van der Waals surface area contributed by atoms with Crippen LogP contribution in [0.2, 0.25) is 0 Å². The molecule has 5 heteroatoms. The Hall–Kier alpha value is -1.36. The molecule has 0 amide bonds. The van der Waals surface area contributed by atoms with Crippen molar-refractivity contribution >= 4 is 21.7 Å². The molecular formula is C12H12BrN3O. The lowest BCUT2D eigenvalue weighted by atomic mass is 10.2. The first-order valence-corrected chi connectivity index (χ1v) is 6.40.